The van der Waals surface area contributed by atoms with E-state index in [1.807, 2.05) is 18.3 Å². The van der Waals surface area contributed by atoms with Gasteiger partial charge in [0.2, 0.25) is 0 Å². The first-order valence-electron chi connectivity index (χ1n) is 8.83. The summed E-state index contributed by atoms with van der Waals surface area (Å²) < 4.78 is 0. The van der Waals surface area contributed by atoms with E-state index in [1.165, 1.54) is 35.9 Å². The van der Waals surface area contributed by atoms with Crippen LogP contribution < -0.4 is 4.90 Å². The Morgan fingerprint density at radius 1 is 1.08 bits per heavy atom. The van der Waals surface area contributed by atoms with Crippen LogP contribution in [-0.2, 0) is 6.54 Å². The number of likely N-dealkylation sites (tertiary alicyclic amines) is 1. The maximum Gasteiger partial charge on any atom is 0.132 e. The van der Waals surface area contributed by atoms with Crippen molar-refractivity contribution in [3.05, 3.63) is 28.1 Å². The average molecular weight is 342 g/mol. The smallest absolute Gasteiger partial charge is 0.132 e. The Bertz CT molecular complexity index is 728. The summed E-state index contributed by atoms with van der Waals surface area (Å²) in [5.74, 6) is 3.30. The Kier molecular flexibility index (Phi) is 3.52. The Morgan fingerprint density at radius 2 is 1.88 bits per heavy atom. The third-order valence-electron chi connectivity index (χ3n) is 5.44. The first-order valence-corrected chi connectivity index (χ1v) is 9.64. The lowest BCUT2D eigenvalue weighted by Gasteiger charge is -2.21. The fourth-order valence-corrected chi connectivity index (χ4v) is 5.09. The SMILES string of the molecule is Cc1cc(N2CC3CN(Cc4nnc(C5CC5)s4)CC3C2)ncn1. The molecule has 2 aromatic rings. The van der Waals surface area contributed by atoms with Crippen molar-refractivity contribution in [1.82, 2.24) is 25.1 Å². The predicted molar refractivity (Wildman–Crippen MR) is 93.1 cm³/mol. The van der Waals surface area contributed by atoms with Gasteiger partial charge in [0.05, 0.1) is 6.54 Å². The van der Waals surface area contributed by atoms with Crippen molar-refractivity contribution in [2.24, 2.45) is 11.8 Å². The van der Waals surface area contributed by atoms with E-state index in [1.54, 1.807) is 6.33 Å². The fraction of sp³-hybridized carbons (Fsp3) is 0.647. The lowest BCUT2D eigenvalue weighted by atomic mass is 10.0. The van der Waals surface area contributed by atoms with Crippen molar-refractivity contribution >= 4 is 17.2 Å². The summed E-state index contributed by atoms with van der Waals surface area (Å²) >= 11 is 1.83. The Hall–Kier alpha value is -1.60. The minimum Gasteiger partial charge on any atom is -0.356 e. The zero-order valence-electron chi connectivity index (χ0n) is 13.9. The highest BCUT2D eigenvalue weighted by Gasteiger charge is 2.40. The molecule has 2 aliphatic heterocycles. The van der Waals surface area contributed by atoms with Gasteiger partial charge in [0.1, 0.15) is 22.2 Å². The molecule has 7 heteroatoms. The quantitative estimate of drug-likeness (QED) is 0.848. The number of nitrogens with zero attached hydrogens (tertiary/aromatic N) is 6. The average Bonchev–Trinajstić information content (AvgIpc) is 3.00. The molecule has 0 amide bonds. The molecule has 4 heterocycles. The highest BCUT2D eigenvalue weighted by Crippen LogP contribution is 2.41. The van der Waals surface area contributed by atoms with Crippen LogP contribution >= 0.6 is 11.3 Å². The van der Waals surface area contributed by atoms with Crippen molar-refractivity contribution in [3.63, 3.8) is 0 Å². The Labute approximate surface area is 145 Å². The topological polar surface area (TPSA) is 58.0 Å². The van der Waals surface area contributed by atoms with Crippen LogP contribution in [0.3, 0.4) is 0 Å². The summed E-state index contributed by atoms with van der Waals surface area (Å²) in [6.45, 7) is 7.57. The van der Waals surface area contributed by atoms with Gasteiger partial charge in [-0.15, -0.1) is 10.2 Å². The molecule has 1 saturated carbocycles. The lowest BCUT2D eigenvalue weighted by Crippen LogP contribution is -2.29. The molecule has 0 aromatic carbocycles. The van der Waals surface area contributed by atoms with E-state index in [4.69, 9.17) is 0 Å². The second-order valence-corrected chi connectivity index (χ2v) is 8.54. The van der Waals surface area contributed by atoms with Gasteiger partial charge >= 0.3 is 0 Å². The molecule has 0 spiro atoms. The molecule has 126 valence electrons. The number of hydrogen-bond acceptors (Lipinski definition) is 7. The molecule has 0 N–H and O–H groups in total. The summed E-state index contributed by atoms with van der Waals surface area (Å²) in [5, 5.41) is 11.2. The minimum absolute atomic E-state index is 0.721. The molecule has 1 aliphatic carbocycles. The molecule has 2 saturated heterocycles. The monoisotopic (exact) mass is 342 g/mol. The van der Waals surface area contributed by atoms with Gasteiger partial charge < -0.3 is 4.90 Å². The molecule has 24 heavy (non-hydrogen) atoms. The first kappa shape index (κ1) is 14.7. The first-order chi connectivity index (χ1) is 11.7. The van der Waals surface area contributed by atoms with E-state index >= 15 is 0 Å². The van der Waals surface area contributed by atoms with Crippen molar-refractivity contribution < 1.29 is 0 Å². The minimum atomic E-state index is 0.721. The molecule has 5 rings (SSSR count). The van der Waals surface area contributed by atoms with Crippen LogP contribution in [0.5, 0.6) is 0 Å². The highest BCUT2D eigenvalue weighted by molar-refractivity contribution is 7.11. The van der Waals surface area contributed by atoms with E-state index in [9.17, 15) is 0 Å². The maximum absolute atomic E-state index is 4.45. The van der Waals surface area contributed by atoms with Crippen LogP contribution in [0.1, 0.15) is 34.5 Å². The van der Waals surface area contributed by atoms with Gasteiger partial charge in [-0.25, -0.2) is 9.97 Å². The van der Waals surface area contributed by atoms with Gasteiger partial charge in [0.15, 0.2) is 0 Å². The molecule has 0 radical (unpaired) electrons. The number of anilines is 1. The van der Waals surface area contributed by atoms with Crippen LogP contribution in [0.25, 0.3) is 0 Å². The van der Waals surface area contributed by atoms with E-state index in [0.717, 1.165) is 48.9 Å². The summed E-state index contributed by atoms with van der Waals surface area (Å²) in [4.78, 5) is 13.6. The van der Waals surface area contributed by atoms with Crippen LogP contribution in [0.15, 0.2) is 12.4 Å². The Balaban J connectivity index is 1.20. The van der Waals surface area contributed by atoms with Gasteiger partial charge in [0, 0.05) is 43.9 Å². The number of hydrogen-bond donors (Lipinski definition) is 0. The molecule has 2 atom stereocenters. The van der Waals surface area contributed by atoms with Gasteiger partial charge in [-0.1, -0.05) is 11.3 Å². The summed E-state index contributed by atoms with van der Waals surface area (Å²) in [6.07, 6.45) is 4.29. The van der Waals surface area contributed by atoms with Gasteiger partial charge in [-0.2, -0.15) is 0 Å². The second-order valence-electron chi connectivity index (χ2n) is 7.45. The van der Waals surface area contributed by atoms with E-state index in [0.29, 0.717) is 0 Å². The highest BCUT2D eigenvalue weighted by atomic mass is 32.1. The van der Waals surface area contributed by atoms with E-state index in [-0.39, 0.29) is 0 Å². The molecule has 0 bridgehead atoms. The van der Waals surface area contributed by atoms with Crippen molar-refractivity contribution in [2.75, 3.05) is 31.1 Å². The van der Waals surface area contributed by atoms with Crippen molar-refractivity contribution in [1.29, 1.82) is 0 Å². The van der Waals surface area contributed by atoms with E-state index in [2.05, 4.69) is 36.0 Å². The summed E-state index contributed by atoms with van der Waals surface area (Å²) in [6, 6.07) is 2.10. The zero-order chi connectivity index (χ0) is 16.1. The number of aromatic nitrogens is 4. The molecular weight excluding hydrogens is 320 g/mol. The van der Waals surface area contributed by atoms with Crippen LogP contribution in [0.2, 0.25) is 0 Å². The molecule has 2 unspecified atom stereocenters. The van der Waals surface area contributed by atoms with Crippen LogP contribution in [-0.4, -0.2) is 51.2 Å². The standard InChI is InChI=1S/C17H22N6S/c1-11-4-15(19-10-18-11)23-7-13-5-22(6-14(13)8-23)9-16-20-21-17(24-16)12-2-3-12/h4,10,12-14H,2-3,5-9H2,1H3. The van der Waals surface area contributed by atoms with Crippen LogP contribution in [0.4, 0.5) is 5.82 Å². The van der Waals surface area contributed by atoms with Gasteiger partial charge in [-0.05, 0) is 31.6 Å². The maximum atomic E-state index is 4.45. The fourth-order valence-electron chi connectivity index (χ4n) is 4.04. The van der Waals surface area contributed by atoms with Crippen molar-refractivity contribution in [3.8, 4) is 0 Å². The molecule has 6 nitrogen and oxygen atoms in total. The predicted octanol–water partition coefficient (Wildman–Crippen LogP) is 2.08. The molecule has 3 aliphatic rings. The number of fused-ring (bicyclic) bond motifs is 1. The summed E-state index contributed by atoms with van der Waals surface area (Å²) in [7, 11) is 0. The second kappa shape index (κ2) is 5.74. The Morgan fingerprint density at radius 3 is 2.58 bits per heavy atom. The normalized spacial score (nSPS) is 27.0. The largest absolute Gasteiger partial charge is 0.356 e. The molecular formula is C17H22N6S. The molecule has 2 aromatic heterocycles. The zero-order valence-corrected chi connectivity index (χ0v) is 14.7. The van der Waals surface area contributed by atoms with Crippen LogP contribution in [0, 0.1) is 18.8 Å². The van der Waals surface area contributed by atoms with Crippen molar-refractivity contribution in [2.45, 2.75) is 32.2 Å². The van der Waals surface area contributed by atoms with Gasteiger partial charge in [0.25, 0.3) is 0 Å². The van der Waals surface area contributed by atoms with E-state index < -0.39 is 0 Å². The third-order valence-corrected chi connectivity index (χ3v) is 6.51. The number of rotatable bonds is 4. The summed E-state index contributed by atoms with van der Waals surface area (Å²) in [5.41, 5.74) is 1.04. The third kappa shape index (κ3) is 2.80. The van der Waals surface area contributed by atoms with Gasteiger partial charge in [-0.3, -0.25) is 4.90 Å². The lowest BCUT2D eigenvalue weighted by molar-refractivity contribution is 0.307. The number of aryl methyl sites for hydroxylation is 1. The molecule has 3 fully saturated rings.